The molecule has 0 bridgehead atoms. The third-order valence-electron chi connectivity index (χ3n) is 4.44. The number of amides is 3. The van der Waals surface area contributed by atoms with Gasteiger partial charge >= 0.3 is 24.3 Å². The summed E-state index contributed by atoms with van der Waals surface area (Å²) in [6, 6.07) is 13.3. The molecule has 10 nitrogen and oxygen atoms in total. The molecular weight excluding hydrogens is 480 g/mol. The second-order valence-corrected chi connectivity index (χ2v) is 8.61. The van der Waals surface area contributed by atoms with Gasteiger partial charge in [-0.15, -0.1) is 5.01 Å². The molecule has 0 radical (unpaired) electrons. The van der Waals surface area contributed by atoms with E-state index in [9.17, 15) is 29.1 Å². The zero-order valence-corrected chi connectivity index (χ0v) is 20.3. The van der Waals surface area contributed by atoms with Crippen molar-refractivity contribution in [3.63, 3.8) is 0 Å². The van der Waals surface area contributed by atoms with Crippen molar-refractivity contribution in [1.82, 2.24) is 10.0 Å². The molecule has 0 aliphatic heterocycles. The first-order valence-corrected chi connectivity index (χ1v) is 10.9. The fraction of sp³-hybridized carbons (Fsp3) is 0.292. The highest BCUT2D eigenvalue weighted by molar-refractivity contribution is 6.30. The normalized spacial score (nSPS) is 11.7. The number of benzene rings is 2. The maximum absolute atomic E-state index is 13.5. The van der Waals surface area contributed by atoms with Gasteiger partial charge in [-0.3, -0.25) is 14.4 Å². The predicted octanol–water partition coefficient (Wildman–Crippen LogP) is 4.14. The Bertz CT molecular complexity index is 1100. The molecule has 0 saturated heterocycles. The van der Waals surface area contributed by atoms with E-state index < -0.39 is 41.7 Å². The number of imide groups is 1. The Morgan fingerprint density at radius 2 is 1.43 bits per heavy atom. The van der Waals surface area contributed by atoms with Gasteiger partial charge in [0.05, 0.1) is 5.54 Å². The lowest BCUT2D eigenvalue weighted by molar-refractivity contribution is -0.189. The van der Waals surface area contributed by atoms with Gasteiger partial charge in [0.1, 0.15) is 0 Å². The Kier molecular flexibility index (Phi) is 8.96. The van der Waals surface area contributed by atoms with E-state index in [-0.39, 0.29) is 17.5 Å². The molecule has 0 fully saturated rings. The van der Waals surface area contributed by atoms with Crippen molar-refractivity contribution in [2.75, 3.05) is 0 Å². The number of carboxylic acids is 1. The molecule has 2 aromatic carbocycles. The number of ether oxygens (including phenoxy) is 2. The van der Waals surface area contributed by atoms with Gasteiger partial charge in [-0.2, -0.15) is 0 Å². The Morgan fingerprint density at radius 1 is 0.886 bits per heavy atom. The third kappa shape index (κ3) is 7.03. The summed E-state index contributed by atoms with van der Waals surface area (Å²) in [5.74, 6) is -4.48. The summed E-state index contributed by atoms with van der Waals surface area (Å²) < 4.78 is 9.53. The average Bonchev–Trinajstić information content (AvgIpc) is 2.81. The highest BCUT2D eigenvalue weighted by atomic mass is 35.5. The molecule has 1 unspecified atom stereocenters. The lowest BCUT2D eigenvalue weighted by Gasteiger charge is -2.41. The Hall–Kier alpha value is -3.92. The smallest absolute Gasteiger partial charge is 0.440 e. The highest BCUT2D eigenvalue weighted by Gasteiger charge is 2.42. The van der Waals surface area contributed by atoms with Gasteiger partial charge in [-0.25, -0.2) is 14.6 Å². The van der Waals surface area contributed by atoms with Crippen LogP contribution in [0.1, 0.15) is 54.8 Å². The molecule has 3 amide bonds. The minimum atomic E-state index is -2.34. The first kappa shape index (κ1) is 27.3. The quantitative estimate of drug-likeness (QED) is 0.353. The highest BCUT2D eigenvalue weighted by Crippen LogP contribution is 2.24. The first-order valence-electron chi connectivity index (χ1n) is 10.5. The minimum absolute atomic E-state index is 0.0427. The standard InChI is InChI=1S/C24H25ClN2O8/c1-5-18(28)34-22(21(31)32)35-23(33)26(19(29)16-11-13-17(25)14-12-16)27(24(2,3)4)20(30)15-9-7-6-8-10-15/h6-14,22H,5H2,1-4H3,(H,31,32). The van der Waals surface area contributed by atoms with Gasteiger partial charge in [0.2, 0.25) is 0 Å². The van der Waals surface area contributed by atoms with Crippen molar-refractivity contribution < 1.29 is 38.6 Å². The number of hydrogen-bond donors (Lipinski definition) is 1. The lowest BCUT2D eigenvalue weighted by Crippen LogP contribution is -2.61. The molecule has 0 aliphatic rings. The molecule has 0 aromatic heterocycles. The molecule has 1 N–H and O–H groups in total. The zero-order chi connectivity index (χ0) is 26.3. The number of carbonyl (C=O) groups is 5. The van der Waals surface area contributed by atoms with Crippen LogP contribution in [0.3, 0.4) is 0 Å². The second kappa shape index (κ2) is 11.5. The van der Waals surface area contributed by atoms with Crippen LogP contribution in [0.2, 0.25) is 5.02 Å². The van der Waals surface area contributed by atoms with Crippen LogP contribution in [0.5, 0.6) is 0 Å². The monoisotopic (exact) mass is 504 g/mol. The molecular formula is C24H25ClN2O8. The van der Waals surface area contributed by atoms with Crippen molar-refractivity contribution in [2.45, 2.75) is 45.9 Å². The van der Waals surface area contributed by atoms with E-state index >= 15 is 0 Å². The van der Waals surface area contributed by atoms with Crippen molar-refractivity contribution in [2.24, 2.45) is 0 Å². The van der Waals surface area contributed by atoms with Gasteiger partial charge in [0, 0.05) is 22.6 Å². The van der Waals surface area contributed by atoms with Crippen LogP contribution < -0.4 is 0 Å². The predicted molar refractivity (Wildman–Crippen MR) is 124 cm³/mol. The summed E-state index contributed by atoms with van der Waals surface area (Å²) in [6.07, 6.45) is -4.07. The van der Waals surface area contributed by atoms with E-state index in [1.54, 1.807) is 39.0 Å². The maximum Gasteiger partial charge on any atom is 0.440 e. The number of carbonyl (C=O) groups excluding carboxylic acids is 4. The maximum atomic E-state index is 13.5. The first-order chi connectivity index (χ1) is 16.4. The van der Waals surface area contributed by atoms with E-state index in [0.29, 0.717) is 10.0 Å². The van der Waals surface area contributed by atoms with Crippen LogP contribution in [-0.4, -0.2) is 56.8 Å². The summed E-state index contributed by atoms with van der Waals surface area (Å²) in [5, 5.41) is 10.9. The molecule has 0 saturated carbocycles. The molecule has 0 aliphatic carbocycles. The molecule has 35 heavy (non-hydrogen) atoms. The molecule has 2 rings (SSSR count). The van der Waals surface area contributed by atoms with Gasteiger partial charge in [-0.05, 0) is 57.2 Å². The number of halogens is 1. The van der Waals surface area contributed by atoms with Crippen LogP contribution in [-0.2, 0) is 19.1 Å². The molecule has 0 heterocycles. The van der Waals surface area contributed by atoms with Crippen LogP contribution in [0.15, 0.2) is 54.6 Å². The van der Waals surface area contributed by atoms with E-state index in [1.165, 1.54) is 43.3 Å². The van der Waals surface area contributed by atoms with Crippen molar-refractivity contribution in [3.8, 4) is 0 Å². The van der Waals surface area contributed by atoms with E-state index in [1.807, 2.05) is 0 Å². The number of hydrazine groups is 1. The number of hydrogen-bond acceptors (Lipinski definition) is 7. The van der Waals surface area contributed by atoms with Gasteiger partial charge < -0.3 is 14.6 Å². The summed E-state index contributed by atoms with van der Waals surface area (Å²) in [4.78, 5) is 63.4. The lowest BCUT2D eigenvalue weighted by atomic mass is 10.1. The summed E-state index contributed by atoms with van der Waals surface area (Å²) in [5.41, 5.74) is -1.07. The van der Waals surface area contributed by atoms with Crippen molar-refractivity contribution in [1.29, 1.82) is 0 Å². The number of rotatable bonds is 6. The van der Waals surface area contributed by atoms with E-state index in [0.717, 1.165) is 5.01 Å². The zero-order valence-electron chi connectivity index (χ0n) is 19.6. The van der Waals surface area contributed by atoms with Crippen molar-refractivity contribution >= 4 is 41.4 Å². The van der Waals surface area contributed by atoms with Crippen LogP contribution >= 0.6 is 11.6 Å². The number of carboxylic acid groups (broad SMARTS) is 1. The molecule has 186 valence electrons. The average molecular weight is 505 g/mol. The topological polar surface area (TPSA) is 131 Å². The van der Waals surface area contributed by atoms with Crippen LogP contribution in [0, 0.1) is 0 Å². The molecule has 0 spiro atoms. The number of esters is 1. The SMILES string of the molecule is CCC(=O)OC(OC(=O)N(C(=O)c1ccc(Cl)cc1)N(C(=O)c1ccccc1)C(C)(C)C)C(=O)O. The Morgan fingerprint density at radius 3 is 1.91 bits per heavy atom. The summed E-state index contributed by atoms with van der Waals surface area (Å²) in [6.45, 7) is 6.11. The minimum Gasteiger partial charge on any atom is -0.476 e. The summed E-state index contributed by atoms with van der Waals surface area (Å²) >= 11 is 5.90. The number of aliphatic carboxylic acids is 1. The van der Waals surface area contributed by atoms with E-state index in [4.69, 9.17) is 16.3 Å². The van der Waals surface area contributed by atoms with Crippen molar-refractivity contribution in [3.05, 3.63) is 70.7 Å². The molecule has 2 aromatic rings. The van der Waals surface area contributed by atoms with E-state index in [2.05, 4.69) is 4.74 Å². The van der Waals surface area contributed by atoms with Gasteiger partial charge in [0.25, 0.3) is 11.8 Å². The molecule has 1 atom stereocenters. The molecule has 11 heteroatoms. The second-order valence-electron chi connectivity index (χ2n) is 8.17. The number of nitrogens with zero attached hydrogens (tertiary/aromatic N) is 2. The fourth-order valence-electron chi connectivity index (χ4n) is 2.84. The largest absolute Gasteiger partial charge is 0.476 e. The van der Waals surface area contributed by atoms with Crippen LogP contribution in [0.25, 0.3) is 0 Å². The summed E-state index contributed by atoms with van der Waals surface area (Å²) in [7, 11) is 0. The van der Waals surface area contributed by atoms with Crippen LogP contribution in [0.4, 0.5) is 4.79 Å². The Balaban J connectivity index is 2.59. The fourth-order valence-corrected chi connectivity index (χ4v) is 2.96. The van der Waals surface area contributed by atoms with Gasteiger partial charge in [0.15, 0.2) is 0 Å². The Labute approximate surface area is 206 Å². The third-order valence-corrected chi connectivity index (χ3v) is 4.69. The van der Waals surface area contributed by atoms with Gasteiger partial charge in [-0.1, -0.05) is 36.7 Å².